The molecular formula is C8H8F4N2O. The largest absolute Gasteiger partial charge is 0.394 e. The maximum Gasteiger partial charge on any atom is 0.185 e. The van der Waals surface area contributed by atoms with Crippen LogP contribution in [0.2, 0.25) is 0 Å². The highest BCUT2D eigenvalue weighted by molar-refractivity contribution is 5.46. The van der Waals surface area contributed by atoms with Gasteiger partial charge in [0.15, 0.2) is 23.3 Å². The van der Waals surface area contributed by atoms with E-state index in [9.17, 15) is 17.6 Å². The monoisotopic (exact) mass is 224 g/mol. The Morgan fingerprint density at radius 1 is 1.00 bits per heavy atom. The van der Waals surface area contributed by atoms with Crippen LogP contribution in [-0.4, -0.2) is 11.7 Å². The fourth-order valence-corrected chi connectivity index (χ4v) is 1.08. The van der Waals surface area contributed by atoms with Crippen molar-refractivity contribution in [1.82, 2.24) is 0 Å². The van der Waals surface area contributed by atoms with E-state index in [1.54, 1.807) is 0 Å². The summed E-state index contributed by atoms with van der Waals surface area (Å²) in [6.07, 6.45) is 0. The normalized spacial score (nSPS) is 12.9. The van der Waals surface area contributed by atoms with E-state index >= 15 is 0 Å². The number of aliphatic hydroxyl groups excluding tert-OH is 1. The van der Waals surface area contributed by atoms with Crippen molar-refractivity contribution in [3.63, 3.8) is 0 Å². The Hall–Kier alpha value is -1.34. The summed E-state index contributed by atoms with van der Waals surface area (Å²) < 4.78 is 51.9. The number of nitrogens with two attached hydrogens (primary N) is 2. The van der Waals surface area contributed by atoms with Crippen molar-refractivity contribution in [2.75, 3.05) is 12.3 Å². The Kier molecular flexibility index (Phi) is 3.15. The Bertz CT molecular complexity index is 368. The summed E-state index contributed by atoms with van der Waals surface area (Å²) in [5.41, 5.74) is 7.54. The van der Waals surface area contributed by atoms with Gasteiger partial charge in [0, 0.05) is 5.56 Å². The molecule has 0 saturated heterocycles. The lowest BCUT2D eigenvalue weighted by atomic mass is 10.1. The molecule has 84 valence electrons. The molecule has 0 bridgehead atoms. The van der Waals surface area contributed by atoms with E-state index in [1.165, 1.54) is 0 Å². The van der Waals surface area contributed by atoms with Crippen LogP contribution >= 0.6 is 0 Å². The Balaban J connectivity index is 3.52. The van der Waals surface area contributed by atoms with E-state index in [0.717, 1.165) is 0 Å². The standard InChI is InChI=1S/C8H8F4N2O/c9-4-3(2(13)1-15)5(10)7(12)8(14)6(4)11/h2,15H,1,13-14H2/t2-/m0/s1. The zero-order valence-electron chi connectivity index (χ0n) is 7.40. The molecule has 5 N–H and O–H groups in total. The number of anilines is 1. The Morgan fingerprint density at radius 3 is 1.73 bits per heavy atom. The molecule has 0 radical (unpaired) electrons. The lowest BCUT2D eigenvalue weighted by Crippen LogP contribution is -2.20. The van der Waals surface area contributed by atoms with Gasteiger partial charge in [-0.25, -0.2) is 17.6 Å². The van der Waals surface area contributed by atoms with E-state index in [-0.39, 0.29) is 0 Å². The first kappa shape index (κ1) is 11.7. The van der Waals surface area contributed by atoms with Crippen molar-refractivity contribution >= 4 is 5.69 Å². The molecule has 0 heterocycles. The van der Waals surface area contributed by atoms with Crippen molar-refractivity contribution in [3.8, 4) is 0 Å². The van der Waals surface area contributed by atoms with Gasteiger partial charge in [-0.2, -0.15) is 0 Å². The minimum absolute atomic E-state index is 0.851. The molecule has 1 atom stereocenters. The van der Waals surface area contributed by atoms with Crippen LogP contribution in [0.1, 0.15) is 11.6 Å². The fraction of sp³-hybridized carbons (Fsp3) is 0.250. The molecule has 0 saturated carbocycles. The van der Waals surface area contributed by atoms with Crippen molar-refractivity contribution in [2.45, 2.75) is 6.04 Å². The topological polar surface area (TPSA) is 72.3 Å². The molecule has 0 unspecified atom stereocenters. The first-order valence-corrected chi connectivity index (χ1v) is 3.89. The lowest BCUT2D eigenvalue weighted by molar-refractivity contribution is 0.259. The summed E-state index contributed by atoms with van der Waals surface area (Å²) in [5, 5.41) is 8.55. The Morgan fingerprint density at radius 2 is 1.40 bits per heavy atom. The molecule has 0 aliphatic heterocycles. The van der Waals surface area contributed by atoms with Crippen LogP contribution in [-0.2, 0) is 0 Å². The molecule has 1 rings (SSSR count). The zero-order valence-corrected chi connectivity index (χ0v) is 7.40. The smallest absolute Gasteiger partial charge is 0.185 e. The molecular weight excluding hydrogens is 216 g/mol. The van der Waals surface area contributed by atoms with Gasteiger partial charge in [0.2, 0.25) is 0 Å². The van der Waals surface area contributed by atoms with Gasteiger partial charge in [-0.05, 0) is 0 Å². The van der Waals surface area contributed by atoms with Gasteiger partial charge in [-0.1, -0.05) is 0 Å². The summed E-state index contributed by atoms with van der Waals surface area (Å²) in [7, 11) is 0. The summed E-state index contributed by atoms with van der Waals surface area (Å²) in [6, 6.07) is -1.55. The lowest BCUT2D eigenvalue weighted by Gasteiger charge is -2.13. The highest BCUT2D eigenvalue weighted by atomic mass is 19.2. The number of hydrogen-bond donors (Lipinski definition) is 3. The molecule has 0 aliphatic rings. The molecule has 7 heteroatoms. The van der Waals surface area contributed by atoms with Gasteiger partial charge in [0.05, 0.1) is 12.6 Å². The third-order valence-corrected chi connectivity index (χ3v) is 1.90. The third kappa shape index (κ3) is 1.75. The summed E-state index contributed by atoms with van der Waals surface area (Å²) >= 11 is 0. The highest BCUT2D eigenvalue weighted by Gasteiger charge is 2.26. The van der Waals surface area contributed by atoms with Crippen molar-refractivity contribution < 1.29 is 22.7 Å². The molecule has 0 fully saturated rings. The van der Waals surface area contributed by atoms with Gasteiger partial charge in [-0.15, -0.1) is 0 Å². The average Bonchev–Trinajstić information content (AvgIpc) is 2.23. The molecule has 1 aromatic carbocycles. The van der Waals surface area contributed by atoms with E-state index in [1.807, 2.05) is 0 Å². The van der Waals surface area contributed by atoms with Crippen molar-refractivity contribution in [1.29, 1.82) is 0 Å². The van der Waals surface area contributed by atoms with E-state index < -0.39 is 47.2 Å². The first-order valence-electron chi connectivity index (χ1n) is 3.89. The van der Waals surface area contributed by atoms with Crippen LogP contribution in [0.5, 0.6) is 0 Å². The quantitative estimate of drug-likeness (QED) is 0.395. The van der Waals surface area contributed by atoms with Crippen LogP contribution in [0.4, 0.5) is 23.2 Å². The van der Waals surface area contributed by atoms with Crippen molar-refractivity contribution in [3.05, 3.63) is 28.8 Å². The molecule has 0 amide bonds. The third-order valence-electron chi connectivity index (χ3n) is 1.90. The summed E-state index contributed by atoms with van der Waals surface area (Å²) in [4.78, 5) is 0. The number of benzene rings is 1. The van der Waals surface area contributed by atoms with Crippen LogP contribution in [0, 0.1) is 23.3 Å². The second-order valence-corrected chi connectivity index (χ2v) is 2.87. The molecule has 0 aliphatic carbocycles. The number of rotatable bonds is 2. The maximum absolute atomic E-state index is 13.1. The minimum Gasteiger partial charge on any atom is -0.394 e. The van der Waals surface area contributed by atoms with Crippen molar-refractivity contribution in [2.24, 2.45) is 5.73 Å². The SMILES string of the molecule is Nc1c(F)c(F)c([C@@H](N)CO)c(F)c1F. The van der Waals surface area contributed by atoms with Gasteiger partial charge in [0.1, 0.15) is 5.69 Å². The molecule has 0 aromatic heterocycles. The number of hydrogen-bond acceptors (Lipinski definition) is 3. The van der Waals surface area contributed by atoms with Gasteiger partial charge >= 0.3 is 0 Å². The van der Waals surface area contributed by atoms with E-state index in [0.29, 0.717) is 0 Å². The molecule has 0 spiro atoms. The molecule has 3 nitrogen and oxygen atoms in total. The fourth-order valence-electron chi connectivity index (χ4n) is 1.08. The van der Waals surface area contributed by atoms with Crippen LogP contribution in [0.25, 0.3) is 0 Å². The highest BCUT2D eigenvalue weighted by Crippen LogP contribution is 2.28. The molecule has 15 heavy (non-hydrogen) atoms. The second kappa shape index (κ2) is 4.03. The van der Waals surface area contributed by atoms with Gasteiger partial charge in [-0.3, -0.25) is 0 Å². The van der Waals surface area contributed by atoms with Crippen LogP contribution in [0.15, 0.2) is 0 Å². The number of nitrogen functional groups attached to an aromatic ring is 1. The maximum atomic E-state index is 13.1. The predicted molar refractivity (Wildman–Crippen MR) is 44.7 cm³/mol. The second-order valence-electron chi connectivity index (χ2n) is 2.87. The van der Waals surface area contributed by atoms with Gasteiger partial charge < -0.3 is 16.6 Å². The summed E-state index contributed by atoms with van der Waals surface area (Å²) in [5.74, 6) is -6.80. The minimum atomic E-state index is -1.71. The van der Waals surface area contributed by atoms with Crippen LogP contribution in [0.3, 0.4) is 0 Å². The molecule has 1 aromatic rings. The number of halogens is 4. The van der Waals surface area contributed by atoms with Crippen LogP contribution < -0.4 is 11.5 Å². The summed E-state index contributed by atoms with van der Waals surface area (Å²) in [6.45, 7) is -0.851. The van der Waals surface area contributed by atoms with E-state index in [4.69, 9.17) is 16.6 Å². The Labute approximate surface area is 82.3 Å². The zero-order chi connectivity index (χ0) is 11.7. The average molecular weight is 224 g/mol. The predicted octanol–water partition coefficient (Wildman–Crippen LogP) is 0.817. The first-order chi connectivity index (χ1) is 6.91. The number of aliphatic hydroxyl groups is 1. The van der Waals surface area contributed by atoms with Gasteiger partial charge in [0.25, 0.3) is 0 Å². The van der Waals surface area contributed by atoms with E-state index in [2.05, 4.69) is 0 Å².